The predicted octanol–water partition coefficient (Wildman–Crippen LogP) is 4.41. The van der Waals surface area contributed by atoms with Crippen LogP contribution in [0.25, 0.3) is 10.9 Å². The Morgan fingerprint density at radius 2 is 1.87 bits per heavy atom. The van der Waals surface area contributed by atoms with Gasteiger partial charge in [-0.05, 0) is 98.1 Å². The van der Waals surface area contributed by atoms with Gasteiger partial charge in [0.15, 0.2) is 0 Å². The van der Waals surface area contributed by atoms with Crippen molar-refractivity contribution in [2.45, 2.75) is 139 Å². The van der Waals surface area contributed by atoms with Crippen molar-refractivity contribution in [2.75, 3.05) is 6.54 Å². The normalized spacial score (nSPS) is 30.2. The summed E-state index contributed by atoms with van der Waals surface area (Å²) in [6.45, 7) is 9.04. The van der Waals surface area contributed by atoms with E-state index in [-0.39, 0.29) is 19.4 Å². The van der Waals surface area contributed by atoms with Gasteiger partial charge >= 0.3 is 6.09 Å². The summed E-state index contributed by atoms with van der Waals surface area (Å²) in [5.74, 6) is -1.56. The Balaban J connectivity index is 1.23. The van der Waals surface area contributed by atoms with E-state index < -0.39 is 73.8 Å². The number of benzene rings is 1. The van der Waals surface area contributed by atoms with E-state index in [1.807, 2.05) is 38.1 Å². The first kappa shape index (κ1) is 37.1. The molecule has 13 nitrogen and oxygen atoms in total. The lowest BCUT2D eigenvalue weighted by Crippen LogP contribution is -2.58. The van der Waals surface area contributed by atoms with Gasteiger partial charge in [0.2, 0.25) is 21.8 Å². The molecule has 0 unspecified atom stereocenters. The summed E-state index contributed by atoms with van der Waals surface area (Å²) in [5, 5.41) is 6.72. The van der Waals surface area contributed by atoms with E-state index in [1.54, 1.807) is 20.8 Å². The number of pyridine rings is 1. The molecule has 14 heteroatoms. The molecule has 0 bridgehead atoms. The molecule has 1 aromatic carbocycles. The van der Waals surface area contributed by atoms with Crippen LogP contribution in [0.15, 0.2) is 30.4 Å². The van der Waals surface area contributed by atoms with Crippen LogP contribution in [0.3, 0.4) is 0 Å². The number of fused-ring (bicyclic) bond motifs is 5. The number of rotatable bonds is 5. The number of amides is 4. The molecule has 2 aliphatic carbocycles. The molecule has 1 saturated heterocycles. The molecular formula is C39H51N5O8S. The highest BCUT2D eigenvalue weighted by Gasteiger charge is 2.64. The largest absolute Gasteiger partial charge is 0.483 e. The van der Waals surface area contributed by atoms with Crippen LogP contribution in [0.2, 0.25) is 0 Å². The molecule has 3 aliphatic heterocycles. The second-order valence-corrected chi connectivity index (χ2v) is 18.6. The molecule has 2 aromatic rings. The maximum Gasteiger partial charge on any atom is 0.408 e. The lowest BCUT2D eigenvalue weighted by molar-refractivity contribution is -0.141. The second-order valence-electron chi connectivity index (χ2n) is 16.4. The smallest absolute Gasteiger partial charge is 0.408 e. The number of hydrogen-bond acceptors (Lipinski definition) is 9. The lowest BCUT2D eigenvalue weighted by atomic mass is 9.87. The van der Waals surface area contributed by atoms with Crippen molar-refractivity contribution >= 4 is 44.7 Å². The van der Waals surface area contributed by atoms with Gasteiger partial charge in [-0.2, -0.15) is 0 Å². The average molecular weight is 750 g/mol. The number of ether oxygens (including phenoxy) is 2. The maximum absolute atomic E-state index is 14.6. The van der Waals surface area contributed by atoms with E-state index in [1.165, 1.54) is 4.90 Å². The molecule has 3 fully saturated rings. The highest BCUT2D eigenvalue weighted by molar-refractivity contribution is 7.91. The van der Waals surface area contributed by atoms with Crippen molar-refractivity contribution in [1.82, 2.24) is 25.2 Å². The van der Waals surface area contributed by atoms with E-state index in [9.17, 15) is 27.6 Å². The highest BCUT2D eigenvalue weighted by Crippen LogP contribution is 2.49. The van der Waals surface area contributed by atoms with Crippen LogP contribution in [0.4, 0.5) is 4.79 Å². The van der Waals surface area contributed by atoms with Gasteiger partial charge in [-0.3, -0.25) is 19.1 Å². The fourth-order valence-electron chi connectivity index (χ4n) is 8.20. The minimum absolute atomic E-state index is 0.0708. The van der Waals surface area contributed by atoms with Gasteiger partial charge in [0, 0.05) is 23.3 Å². The average Bonchev–Trinajstić information content (AvgIpc) is 3.98. The third-order valence-electron chi connectivity index (χ3n) is 11.8. The molecule has 286 valence electrons. The van der Waals surface area contributed by atoms with Gasteiger partial charge in [0.1, 0.15) is 29.0 Å². The van der Waals surface area contributed by atoms with Crippen molar-refractivity contribution in [1.29, 1.82) is 0 Å². The van der Waals surface area contributed by atoms with Crippen LogP contribution in [0.5, 0.6) is 5.75 Å². The van der Waals surface area contributed by atoms with Crippen LogP contribution in [0.1, 0.15) is 102 Å². The first-order valence-electron chi connectivity index (χ1n) is 19.0. The molecule has 4 heterocycles. The van der Waals surface area contributed by atoms with E-state index >= 15 is 0 Å². The number of alkyl carbamates (subject to hydrolysis) is 1. The third-order valence-corrected chi connectivity index (χ3v) is 13.9. The Morgan fingerprint density at radius 1 is 1.09 bits per heavy atom. The van der Waals surface area contributed by atoms with Gasteiger partial charge in [-0.1, -0.05) is 36.6 Å². The monoisotopic (exact) mass is 749 g/mol. The number of aryl methyl sites for hydroxylation is 3. The zero-order valence-electron chi connectivity index (χ0n) is 31.3. The quantitative estimate of drug-likeness (QED) is 0.375. The fraction of sp³-hybridized carbons (Fsp3) is 0.615. The number of allylic oxidation sites excluding steroid dienone is 1. The molecule has 3 N–H and O–H groups in total. The minimum Gasteiger partial charge on any atom is -0.483 e. The van der Waals surface area contributed by atoms with Gasteiger partial charge < -0.3 is 25.0 Å². The molecular weight excluding hydrogens is 699 g/mol. The Kier molecular flexibility index (Phi) is 9.51. The van der Waals surface area contributed by atoms with Crippen LogP contribution >= 0.6 is 0 Å². The van der Waals surface area contributed by atoms with Crippen molar-refractivity contribution in [3.8, 4) is 5.75 Å². The predicted molar refractivity (Wildman–Crippen MR) is 197 cm³/mol. The summed E-state index contributed by atoms with van der Waals surface area (Å²) in [6, 6.07) is 4.09. The van der Waals surface area contributed by atoms with E-state index in [4.69, 9.17) is 14.5 Å². The zero-order valence-corrected chi connectivity index (χ0v) is 32.1. The molecule has 4 amide bonds. The number of hydrogen-bond donors (Lipinski definition) is 3. The molecule has 5 aliphatic rings. The molecule has 53 heavy (non-hydrogen) atoms. The minimum atomic E-state index is -3.97. The van der Waals surface area contributed by atoms with Gasteiger partial charge in [0.25, 0.3) is 5.91 Å². The van der Waals surface area contributed by atoms with E-state index in [2.05, 4.69) is 21.4 Å². The Labute approximate surface area is 311 Å². The Bertz CT molecular complexity index is 1990. The molecule has 2 saturated carbocycles. The SMILES string of the molecule is Cc1ccc2nc(C)c3c(c2c1)CC[C@]1(C[C@H]2C(=O)N[C@]4(C(=O)NS(=O)(=O)C5(C)CC5)C[C@H]4/C=C\CCCCC[C@H](NC(=O)OC(C)C)C(=O)N2C1)O3. The third kappa shape index (κ3) is 7.10. The Morgan fingerprint density at radius 3 is 2.60 bits per heavy atom. The summed E-state index contributed by atoms with van der Waals surface area (Å²) in [6.07, 6.45) is 8.44. The summed E-state index contributed by atoms with van der Waals surface area (Å²) >= 11 is 0. The maximum atomic E-state index is 14.6. The molecule has 1 spiro atoms. The number of carbonyl (C=O) groups is 4. The first-order chi connectivity index (χ1) is 25.1. The molecule has 1 aromatic heterocycles. The van der Waals surface area contributed by atoms with Crippen molar-refractivity contribution in [3.63, 3.8) is 0 Å². The van der Waals surface area contributed by atoms with E-state index in [0.717, 1.165) is 34.9 Å². The molecule has 0 radical (unpaired) electrons. The number of carbonyl (C=O) groups excluding carboxylic acids is 4. The second kappa shape index (κ2) is 13.6. The number of nitrogens with one attached hydrogen (secondary N) is 3. The van der Waals surface area contributed by atoms with Crippen LogP contribution in [0, 0.1) is 19.8 Å². The topological polar surface area (TPSA) is 173 Å². The van der Waals surface area contributed by atoms with Crippen LogP contribution in [-0.2, 0) is 35.6 Å². The standard InChI is InChI=1S/C39H51N5O8S/c1-23(2)51-36(48)41-30-12-10-8-6-7-9-11-26-20-39(26,35(47)43-53(49,50)37(5)17-18-37)42-33(45)31-21-38(22-44(31)34(30)46)16-15-27-28-19-24(3)13-14-29(28)40-25(4)32(27)52-38/h9,11,13-14,19,23,26,30-31H,6-8,10,12,15-18,20-22H2,1-5H3,(H,41,48)(H,42,45)(H,43,47)/b11-9-/t26-,30+,31+,38-,39-/m1/s1. The first-order valence-corrected chi connectivity index (χ1v) is 20.5. The van der Waals surface area contributed by atoms with Crippen molar-refractivity contribution in [3.05, 3.63) is 47.2 Å². The number of aromatic nitrogens is 1. The van der Waals surface area contributed by atoms with Crippen molar-refractivity contribution in [2.24, 2.45) is 5.92 Å². The van der Waals surface area contributed by atoms with Crippen LogP contribution in [-0.4, -0.2) is 82.7 Å². The lowest BCUT2D eigenvalue weighted by Gasteiger charge is -2.36. The van der Waals surface area contributed by atoms with Gasteiger partial charge in [-0.25, -0.2) is 18.2 Å². The summed E-state index contributed by atoms with van der Waals surface area (Å²) in [4.78, 5) is 62.3. The van der Waals surface area contributed by atoms with Gasteiger partial charge in [-0.15, -0.1) is 0 Å². The highest BCUT2D eigenvalue weighted by atomic mass is 32.2. The summed E-state index contributed by atoms with van der Waals surface area (Å²) < 4.78 is 39.8. The zero-order chi connectivity index (χ0) is 37.9. The number of nitrogens with zero attached hydrogens (tertiary/aromatic N) is 2. The van der Waals surface area contributed by atoms with Gasteiger partial charge in [0.05, 0.1) is 28.6 Å². The van der Waals surface area contributed by atoms with Crippen molar-refractivity contribution < 1.29 is 37.1 Å². The van der Waals surface area contributed by atoms with E-state index in [0.29, 0.717) is 56.4 Å². The Hall–Kier alpha value is -4.20. The summed E-state index contributed by atoms with van der Waals surface area (Å²) in [7, 11) is -3.97. The number of sulfonamides is 1. The molecule has 5 atom stereocenters. The fourth-order valence-corrected chi connectivity index (χ4v) is 9.51. The molecule has 7 rings (SSSR count). The van der Waals surface area contributed by atoms with Crippen LogP contribution < -0.4 is 20.1 Å². The summed E-state index contributed by atoms with van der Waals surface area (Å²) in [5.41, 5.74) is 1.26.